The highest BCUT2D eigenvalue weighted by Crippen LogP contribution is 2.24. The fourth-order valence-corrected chi connectivity index (χ4v) is 1.88. The summed E-state index contributed by atoms with van der Waals surface area (Å²) < 4.78 is 0. The lowest BCUT2D eigenvalue weighted by atomic mass is 10.0. The Bertz CT molecular complexity index is 312. The van der Waals surface area contributed by atoms with Gasteiger partial charge in [-0.1, -0.05) is 11.6 Å². The Kier molecular flexibility index (Phi) is 2.42. The third-order valence-electron chi connectivity index (χ3n) is 2.38. The topological polar surface area (TPSA) is 38.0 Å². The van der Waals surface area contributed by atoms with Crippen LogP contribution in [0, 0.1) is 0 Å². The van der Waals surface area contributed by atoms with E-state index in [9.17, 15) is 0 Å². The molecular formula is C10H13ClN2. The smallest absolute Gasteiger partial charge is 0.0410 e. The van der Waals surface area contributed by atoms with Crippen LogP contribution in [0.5, 0.6) is 0 Å². The SMILES string of the molecule is NC1CCNc2ccc(Cl)cc2C1. The second-order valence-electron chi connectivity index (χ2n) is 3.48. The summed E-state index contributed by atoms with van der Waals surface area (Å²) in [5, 5.41) is 4.13. The Labute approximate surface area is 83.1 Å². The van der Waals surface area contributed by atoms with Crippen LogP contribution in [0.4, 0.5) is 5.69 Å². The van der Waals surface area contributed by atoms with Gasteiger partial charge in [-0.05, 0) is 36.6 Å². The summed E-state index contributed by atoms with van der Waals surface area (Å²) in [4.78, 5) is 0. The number of anilines is 1. The fraction of sp³-hybridized carbons (Fsp3) is 0.400. The van der Waals surface area contributed by atoms with E-state index in [0.717, 1.165) is 24.4 Å². The monoisotopic (exact) mass is 196 g/mol. The lowest BCUT2D eigenvalue weighted by Gasteiger charge is -2.08. The van der Waals surface area contributed by atoms with Crippen LogP contribution >= 0.6 is 11.6 Å². The first kappa shape index (κ1) is 8.85. The van der Waals surface area contributed by atoms with Crippen LogP contribution in [0.15, 0.2) is 18.2 Å². The Morgan fingerprint density at radius 3 is 3.15 bits per heavy atom. The maximum absolute atomic E-state index is 5.92. The second kappa shape index (κ2) is 3.56. The number of benzene rings is 1. The van der Waals surface area contributed by atoms with Crippen molar-refractivity contribution < 1.29 is 0 Å². The van der Waals surface area contributed by atoms with Crippen molar-refractivity contribution in [3.63, 3.8) is 0 Å². The number of hydrogen-bond donors (Lipinski definition) is 2. The van der Waals surface area contributed by atoms with E-state index < -0.39 is 0 Å². The summed E-state index contributed by atoms with van der Waals surface area (Å²) in [5.41, 5.74) is 8.33. The lowest BCUT2D eigenvalue weighted by Crippen LogP contribution is -2.22. The predicted molar refractivity (Wildman–Crippen MR) is 56.2 cm³/mol. The van der Waals surface area contributed by atoms with Gasteiger partial charge in [0.15, 0.2) is 0 Å². The molecule has 0 saturated heterocycles. The average Bonchev–Trinajstić information content (AvgIpc) is 2.25. The third kappa shape index (κ3) is 1.95. The number of fused-ring (bicyclic) bond motifs is 1. The molecule has 0 radical (unpaired) electrons. The van der Waals surface area contributed by atoms with Crippen molar-refractivity contribution in [3.8, 4) is 0 Å². The van der Waals surface area contributed by atoms with E-state index in [1.807, 2.05) is 18.2 Å². The van der Waals surface area contributed by atoms with Crippen molar-refractivity contribution >= 4 is 17.3 Å². The molecule has 0 aromatic heterocycles. The van der Waals surface area contributed by atoms with E-state index in [1.54, 1.807) is 0 Å². The van der Waals surface area contributed by atoms with Crippen molar-refractivity contribution in [1.82, 2.24) is 0 Å². The number of hydrogen-bond acceptors (Lipinski definition) is 2. The molecule has 13 heavy (non-hydrogen) atoms. The average molecular weight is 197 g/mol. The van der Waals surface area contributed by atoms with E-state index >= 15 is 0 Å². The Hall–Kier alpha value is -0.730. The molecule has 2 rings (SSSR count). The molecule has 70 valence electrons. The highest BCUT2D eigenvalue weighted by molar-refractivity contribution is 6.30. The van der Waals surface area contributed by atoms with Crippen molar-refractivity contribution in [2.75, 3.05) is 11.9 Å². The first-order valence-corrected chi connectivity index (χ1v) is 4.91. The van der Waals surface area contributed by atoms with Crippen LogP contribution < -0.4 is 11.1 Å². The van der Waals surface area contributed by atoms with E-state index in [4.69, 9.17) is 17.3 Å². The van der Waals surface area contributed by atoms with E-state index in [0.29, 0.717) is 0 Å². The molecule has 0 amide bonds. The largest absolute Gasteiger partial charge is 0.385 e. The zero-order valence-electron chi connectivity index (χ0n) is 7.39. The summed E-state index contributed by atoms with van der Waals surface area (Å²) in [6, 6.07) is 6.18. The van der Waals surface area contributed by atoms with Crippen molar-refractivity contribution in [2.24, 2.45) is 5.73 Å². The van der Waals surface area contributed by atoms with Crippen LogP contribution in [0.25, 0.3) is 0 Å². The zero-order chi connectivity index (χ0) is 9.26. The van der Waals surface area contributed by atoms with Gasteiger partial charge in [0.1, 0.15) is 0 Å². The van der Waals surface area contributed by atoms with Crippen LogP contribution in [-0.4, -0.2) is 12.6 Å². The summed E-state index contributed by atoms with van der Waals surface area (Å²) >= 11 is 5.91. The molecule has 1 unspecified atom stereocenters. The van der Waals surface area contributed by atoms with E-state index in [2.05, 4.69) is 5.32 Å². The van der Waals surface area contributed by atoms with Gasteiger partial charge in [0.25, 0.3) is 0 Å². The molecule has 1 aliphatic heterocycles. The van der Waals surface area contributed by atoms with Gasteiger partial charge in [0, 0.05) is 23.3 Å². The Morgan fingerprint density at radius 2 is 2.31 bits per heavy atom. The molecular weight excluding hydrogens is 184 g/mol. The number of rotatable bonds is 0. The lowest BCUT2D eigenvalue weighted by molar-refractivity contribution is 0.642. The normalized spacial score (nSPS) is 21.5. The minimum Gasteiger partial charge on any atom is -0.385 e. The van der Waals surface area contributed by atoms with Gasteiger partial charge in [0.05, 0.1) is 0 Å². The molecule has 3 heteroatoms. The molecule has 2 nitrogen and oxygen atoms in total. The molecule has 0 bridgehead atoms. The van der Waals surface area contributed by atoms with Crippen molar-refractivity contribution in [2.45, 2.75) is 18.9 Å². The zero-order valence-corrected chi connectivity index (χ0v) is 8.14. The molecule has 0 aliphatic carbocycles. The van der Waals surface area contributed by atoms with Crippen LogP contribution in [0.1, 0.15) is 12.0 Å². The standard InChI is InChI=1S/C10H13ClN2/c11-8-1-2-10-7(5-8)6-9(12)3-4-13-10/h1-2,5,9,13H,3-4,6,12H2. The minimum absolute atomic E-state index is 0.257. The van der Waals surface area contributed by atoms with Gasteiger partial charge in [-0.2, -0.15) is 0 Å². The maximum Gasteiger partial charge on any atom is 0.0410 e. The van der Waals surface area contributed by atoms with Gasteiger partial charge in [-0.15, -0.1) is 0 Å². The van der Waals surface area contributed by atoms with Crippen LogP contribution in [0.2, 0.25) is 5.02 Å². The van der Waals surface area contributed by atoms with Crippen LogP contribution in [-0.2, 0) is 6.42 Å². The Balaban J connectivity index is 2.35. The maximum atomic E-state index is 5.92. The molecule has 1 aromatic rings. The summed E-state index contributed by atoms with van der Waals surface area (Å²) in [6.45, 7) is 0.954. The van der Waals surface area contributed by atoms with Crippen molar-refractivity contribution in [3.05, 3.63) is 28.8 Å². The van der Waals surface area contributed by atoms with Gasteiger partial charge in [0.2, 0.25) is 0 Å². The highest BCUT2D eigenvalue weighted by Gasteiger charge is 2.12. The van der Waals surface area contributed by atoms with Crippen molar-refractivity contribution in [1.29, 1.82) is 0 Å². The second-order valence-corrected chi connectivity index (χ2v) is 3.92. The van der Waals surface area contributed by atoms with E-state index in [-0.39, 0.29) is 6.04 Å². The van der Waals surface area contributed by atoms with E-state index in [1.165, 1.54) is 11.3 Å². The summed E-state index contributed by atoms with van der Waals surface area (Å²) in [5.74, 6) is 0. The first-order chi connectivity index (χ1) is 6.25. The highest BCUT2D eigenvalue weighted by atomic mass is 35.5. The quantitative estimate of drug-likeness (QED) is 0.667. The first-order valence-electron chi connectivity index (χ1n) is 4.53. The van der Waals surface area contributed by atoms with Gasteiger partial charge in [-0.25, -0.2) is 0 Å². The molecule has 0 saturated carbocycles. The third-order valence-corrected chi connectivity index (χ3v) is 2.62. The summed E-state index contributed by atoms with van der Waals surface area (Å²) in [7, 11) is 0. The molecule has 1 aliphatic rings. The van der Waals surface area contributed by atoms with Crippen LogP contribution in [0.3, 0.4) is 0 Å². The fourth-order valence-electron chi connectivity index (χ4n) is 1.68. The molecule has 1 atom stereocenters. The van der Waals surface area contributed by atoms with Gasteiger partial charge >= 0.3 is 0 Å². The predicted octanol–water partition coefficient (Wildman–Crippen LogP) is 2.03. The number of halogens is 1. The molecule has 3 N–H and O–H groups in total. The van der Waals surface area contributed by atoms with Gasteiger partial charge < -0.3 is 11.1 Å². The number of nitrogens with one attached hydrogen (secondary N) is 1. The molecule has 0 fully saturated rings. The molecule has 1 heterocycles. The molecule has 1 aromatic carbocycles. The number of nitrogens with two attached hydrogens (primary N) is 1. The molecule has 0 spiro atoms. The Morgan fingerprint density at radius 1 is 1.46 bits per heavy atom. The van der Waals surface area contributed by atoms with Gasteiger partial charge in [-0.3, -0.25) is 0 Å². The summed E-state index contributed by atoms with van der Waals surface area (Å²) in [6.07, 6.45) is 1.94. The minimum atomic E-state index is 0.257.